The number of hydrogen-bond donors (Lipinski definition) is 2. The summed E-state index contributed by atoms with van der Waals surface area (Å²) in [4.78, 5) is 13.2. The third-order valence-electron chi connectivity index (χ3n) is 3.69. The number of para-hydroxylation sites is 2. The lowest BCUT2D eigenvalue weighted by molar-refractivity contribution is 0.262. The highest BCUT2D eigenvalue weighted by Crippen LogP contribution is 2.24. The average Bonchev–Trinajstić information content (AvgIpc) is 2.65. The van der Waals surface area contributed by atoms with Gasteiger partial charge in [0.1, 0.15) is 0 Å². The van der Waals surface area contributed by atoms with E-state index in [1.807, 2.05) is 66.7 Å². The molecule has 4 nitrogen and oxygen atoms in total. The van der Waals surface area contributed by atoms with Crippen LogP contribution in [0.4, 0.5) is 16.2 Å². The Morgan fingerprint density at radius 3 is 2.35 bits per heavy atom. The highest BCUT2D eigenvalue weighted by molar-refractivity contribution is 7.94. The van der Waals surface area contributed by atoms with E-state index in [1.165, 1.54) is 17.6 Å². The van der Waals surface area contributed by atoms with Crippen molar-refractivity contribution in [2.45, 2.75) is 18.4 Å². The smallest absolute Gasteiger partial charge is 0.308 e. The van der Waals surface area contributed by atoms with Crippen LogP contribution in [0, 0.1) is 6.92 Å². The predicted molar refractivity (Wildman–Crippen MR) is 107 cm³/mol. The van der Waals surface area contributed by atoms with Crippen molar-refractivity contribution in [3.8, 4) is 0 Å². The van der Waals surface area contributed by atoms with Crippen LogP contribution in [-0.4, -0.2) is 6.03 Å². The molecule has 0 saturated heterocycles. The van der Waals surface area contributed by atoms with Crippen molar-refractivity contribution in [1.29, 1.82) is 0 Å². The Labute approximate surface area is 157 Å². The maximum Gasteiger partial charge on any atom is 0.323 e. The number of aryl methyl sites for hydroxylation is 1. The molecule has 0 saturated carbocycles. The molecule has 0 aliphatic heterocycles. The Kier molecular flexibility index (Phi) is 6.30. The second-order valence-corrected chi connectivity index (χ2v) is 6.63. The van der Waals surface area contributed by atoms with Crippen LogP contribution in [0.1, 0.15) is 11.1 Å². The molecule has 0 atom stereocenters. The van der Waals surface area contributed by atoms with E-state index < -0.39 is 0 Å². The number of rotatable bonds is 6. The molecular weight excluding hydrogens is 344 g/mol. The fourth-order valence-corrected chi connectivity index (χ4v) is 2.90. The Bertz CT molecular complexity index is 851. The van der Waals surface area contributed by atoms with Gasteiger partial charge in [-0.1, -0.05) is 54.1 Å². The van der Waals surface area contributed by atoms with Crippen LogP contribution in [-0.2, 0) is 10.8 Å². The number of nitrogens with one attached hydrogen (secondary N) is 2. The van der Waals surface area contributed by atoms with Crippen LogP contribution in [0.3, 0.4) is 0 Å². The summed E-state index contributed by atoms with van der Waals surface area (Å²) in [5.41, 5.74) is 3.60. The first-order valence-electron chi connectivity index (χ1n) is 8.28. The minimum absolute atomic E-state index is 0.283. The summed E-state index contributed by atoms with van der Waals surface area (Å²) >= 11 is 1.33. The quantitative estimate of drug-likeness (QED) is 0.538. The van der Waals surface area contributed by atoms with Gasteiger partial charge in [0.25, 0.3) is 0 Å². The summed E-state index contributed by atoms with van der Waals surface area (Å²) in [5, 5.41) is 5.68. The molecule has 0 heterocycles. The predicted octanol–water partition coefficient (Wildman–Crippen LogP) is 5.86. The van der Waals surface area contributed by atoms with E-state index in [4.69, 9.17) is 4.18 Å². The molecule has 132 valence electrons. The molecular formula is C21H20N2O2S. The number of hydrogen-bond acceptors (Lipinski definition) is 3. The molecule has 3 rings (SSSR count). The maximum atomic E-state index is 12.2. The van der Waals surface area contributed by atoms with Crippen molar-refractivity contribution in [2.24, 2.45) is 0 Å². The number of urea groups is 1. The first kappa shape index (κ1) is 18.0. The molecule has 3 aromatic carbocycles. The van der Waals surface area contributed by atoms with Gasteiger partial charge in [0.15, 0.2) is 0 Å². The van der Waals surface area contributed by atoms with E-state index in [2.05, 4.69) is 29.7 Å². The number of amides is 2. The third kappa shape index (κ3) is 5.37. The molecule has 0 bridgehead atoms. The second kappa shape index (κ2) is 9.08. The summed E-state index contributed by atoms with van der Waals surface area (Å²) in [5.74, 6) is 0. The van der Waals surface area contributed by atoms with Gasteiger partial charge in [-0.05, 0) is 37.3 Å². The zero-order valence-electron chi connectivity index (χ0n) is 14.4. The summed E-state index contributed by atoms with van der Waals surface area (Å²) in [6.07, 6.45) is 0. The SMILES string of the molecule is Cc1ccc(SOCc2ccccc2NC(=O)Nc2ccccc2)cc1. The highest BCUT2D eigenvalue weighted by atomic mass is 32.2. The van der Waals surface area contributed by atoms with Crippen LogP contribution in [0.2, 0.25) is 0 Å². The molecule has 0 aliphatic rings. The largest absolute Gasteiger partial charge is 0.323 e. The van der Waals surface area contributed by atoms with Gasteiger partial charge in [0, 0.05) is 33.9 Å². The molecule has 0 spiro atoms. The number of carbonyl (C=O) groups is 1. The van der Waals surface area contributed by atoms with E-state index >= 15 is 0 Å². The van der Waals surface area contributed by atoms with Crippen LogP contribution in [0.5, 0.6) is 0 Å². The van der Waals surface area contributed by atoms with Crippen molar-refractivity contribution in [1.82, 2.24) is 0 Å². The Morgan fingerprint density at radius 1 is 0.885 bits per heavy atom. The standard InChI is InChI=1S/C21H20N2O2S/c1-16-11-13-19(14-12-16)26-25-15-17-7-5-6-10-20(17)23-21(24)22-18-8-3-2-4-9-18/h2-14H,15H2,1H3,(H2,22,23,24). The van der Waals surface area contributed by atoms with Crippen LogP contribution in [0.25, 0.3) is 0 Å². The molecule has 26 heavy (non-hydrogen) atoms. The van der Waals surface area contributed by atoms with Gasteiger partial charge in [-0.2, -0.15) is 0 Å². The first-order valence-corrected chi connectivity index (χ1v) is 9.02. The Hall–Kier alpha value is -2.76. The van der Waals surface area contributed by atoms with Crippen molar-refractivity contribution >= 4 is 29.4 Å². The fraction of sp³-hybridized carbons (Fsp3) is 0.0952. The molecule has 0 aromatic heterocycles. The molecule has 5 heteroatoms. The van der Waals surface area contributed by atoms with Crippen molar-refractivity contribution in [2.75, 3.05) is 10.6 Å². The maximum absolute atomic E-state index is 12.2. The van der Waals surface area contributed by atoms with Crippen LogP contribution in [0.15, 0.2) is 83.8 Å². The lowest BCUT2D eigenvalue weighted by atomic mass is 10.2. The Morgan fingerprint density at radius 2 is 1.58 bits per heavy atom. The monoisotopic (exact) mass is 364 g/mol. The first-order chi connectivity index (χ1) is 12.7. The lowest BCUT2D eigenvalue weighted by Crippen LogP contribution is -2.20. The fourth-order valence-electron chi connectivity index (χ4n) is 2.33. The molecule has 0 aliphatic carbocycles. The van der Waals surface area contributed by atoms with Gasteiger partial charge in [0.05, 0.1) is 6.61 Å². The van der Waals surface area contributed by atoms with Crippen molar-refractivity contribution < 1.29 is 8.98 Å². The van der Waals surface area contributed by atoms with Gasteiger partial charge >= 0.3 is 6.03 Å². The Balaban J connectivity index is 1.57. The minimum atomic E-state index is -0.283. The highest BCUT2D eigenvalue weighted by Gasteiger charge is 2.07. The minimum Gasteiger partial charge on any atom is -0.308 e. The summed E-state index contributed by atoms with van der Waals surface area (Å²) in [6, 6.07) is 24.8. The van der Waals surface area contributed by atoms with Crippen molar-refractivity contribution in [3.05, 3.63) is 90.0 Å². The van der Waals surface area contributed by atoms with E-state index in [-0.39, 0.29) is 6.03 Å². The zero-order valence-corrected chi connectivity index (χ0v) is 15.3. The average molecular weight is 364 g/mol. The second-order valence-electron chi connectivity index (χ2n) is 5.76. The number of carbonyl (C=O) groups excluding carboxylic acids is 1. The van der Waals surface area contributed by atoms with Gasteiger partial charge in [-0.3, -0.25) is 0 Å². The summed E-state index contributed by atoms with van der Waals surface area (Å²) in [6.45, 7) is 2.44. The van der Waals surface area contributed by atoms with Gasteiger partial charge in [0.2, 0.25) is 0 Å². The van der Waals surface area contributed by atoms with E-state index in [1.54, 1.807) is 0 Å². The molecule has 0 radical (unpaired) electrons. The molecule has 0 unspecified atom stereocenters. The molecule has 3 aromatic rings. The topological polar surface area (TPSA) is 50.4 Å². The normalized spacial score (nSPS) is 10.3. The molecule has 2 amide bonds. The van der Waals surface area contributed by atoms with Gasteiger partial charge < -0.3 is 14.8 Å². The lowest BCUT2D eigenvalue weighted by Gasteiger charge is -2.12. The molecule has 2 N–H and O–H groups in total. The number of anilines is 2. The van der Waals surface area contributed by atoms with Gasteiger partial charge in [-0.15, -0.1) is 0 Å². The van der Waals surface area contributed by atoms with Crippen LogP contribution < -0.4 is 10.6 Å². The third-order valence-corrected chi connectivity index (χ3v) is 4.39. The van der Waals surface area contributed by atoms with E-state index in [0.29, 0.717) is 6.61 Å². The molecule has 0 fully saturated rings. The van der Waals surface area contributed by atoms with Crippen molar-refractivity contribution in [3.63, 3.8) is 0 Å². The summed E-state index contributed by atoms with van der Waals surface area (Å²) in [7, 11) is 0. The van der Waals surface area contributed by atoms with Gasteiger partial charge in [-0.25, -0.2) is 4.79 Å². The number of benzene rings is 3. The summed E-state index contributed by atoms with van der Waals surface area (Å²) < 4.78 is 5.73. The van der Waals surface area contributed by atoms with E-state index in [9.17, 15) is 4.79 Å². The van der Waals surface area contributed by atoms with Crippen LogP contribution >= 0.6 is 12.0 Å². The zero-order chi connectivity index (χ0) is 18.2. The van der Waals surface area contributed by atoms with E-state index in [0.717, 1.165) is 21.8 Å².